The number of pyridine rings is 1. The van der Waals surface area contributed by atoms with Gasteiger partial charge in [0.1, 0.15) is 0 Å². The smallest absolute Gasteiger partial charge is 0.273 e. The third-order valence-electron chi connectivity index (χ3n) is 6.96. The minimum Gasteiger partial charge on any atom is -0.364 e. The van der Waals surface area contributed by atoms with Crippen LogP contribution >= 0.6 is 0 Å². The number of amides is 1. The van der Waals surface area contributed by atoms with Crippen molar-refractivity contribution in [3.8, 4) is 0 Å². The minimum absolute atomic E-state index is 0.0175. The summed E-state index contributed by atoms with van der Waals surface area (Å²) in [5.41, 5.74) is 8.00. The van der Waals surface area contributed by atoms with Gasteiger partial charge in [0.05, 0.1) is 5.69 Å². The van der Waals surface area contributed by atoms with E-state index in [0.717, 1.165) is 30.8 Å². The zero-order chi connectivity index (χ0) is 24.5. The number of piperidine rings is 1. The summed E-state index contributed by atoms with van der Waals surface area (Å²) < 4.78 is 1.88. The van der Waals surface area contributed by atoms with E-state index in [-0.39, 0.29) is 29.3 Å². The first-order chi connectivity index (χ1) is 16.9. The van der Waals surface area contributed by atoms with Crippen LogP contribution in [0.3, 0.4) is 0 Å². The number of carbonyl (C=O) groups is 2. The normalized spacial score (nSPS) is 20.0. The average molecular weight is 475 g/mol. The Morgan fingerprint density at radius 1 is 1.17 bits per heavy atom. The highest BCUT2D eigenvalue weighted by molar-refractivity contribution is 5.96. The highest BCUT2D eigenvalue weighted by Gasteiger charge is 2.32. The van der Waals surface area contributed by atoms with Crippen molar-refractivity contribution >= 4 is 29.1 Å². The van der Waals surface area contributed by atoms with Crippen molar-refractivity contribution in [2.75, 3.05) is 16.8 Å². The van der Waals surface area contributed by atoms with Gasteiger partial charge in [0.25, 0.3) is 5.91 Å². The number of anilines is 3. The quantitative estimate of drug-likeness (QED) is 0.476. The Morgan fingerprint density at radius 2 is 2.00 bits per heavy atom. The number of primary amides is 1. The lowest BCUT2D eigenvalue weighted by molar-refractivity contribution is 0.0944. The summed E-state index contributed by atoms with van der Waals surface area (Å²) in [4.78, 5) is 36.1. The summed E-state index contributed by atoms with van der Waals surface area (Å²) >= 11 is 0. The van der Waals surface area contributed by atoms with Gasteiger partial charge in [0.15, 0.2) is 17.3 Å². The number of nitrogens with two attached hydrogens (primary N) is 1. The first kappa shape index (κ1) is 22.9. The van der Waals surface area contributed by atoms with Gasteiger partial charge in [0, 0.05) is 61.8 Å². The van der Waals surface area contributed by atoms with Gasteiger partial charge in [-0.2, -0.15) is 4.98 Å². The van der Waals surface area contributed by atoms with Gasteiger partial charge in [-0.15, -0.1) is 10.2 Å². The second kappa shape index (κ2) is 9.44. The second-order valence-corrected chi connectivity index (χ2v) is 9.57. The Labute approximate surface area is 204 Å². The Morgan fingerprint density at radius 3 is 2.66 bits per heavy atom. The van der Waals surface area contributed by atoms with Crippen LogP contribution in [0.4, 0.5) is 17.5 Å². The summed E-state index contributed by atoms with van der Waals surface area (Å²) in [5, 5.41) is 11.4. The summed E-state index contributed by atoms with van der Waals surface area (Å²) in [5.74, 6) is 0.792. The first-order valence-corrected chi connectivity index (χ1v) is 12.1. The number of nitrogens with zero attached hydrogens (tertiary/aromatic N) is 6. The molecule has 10 nitrogen and oxygen atoms in total. The molecule has 182 valence electrons. The maximum Gasteiger partial charge on any atom is 0.273 e. The molecule has 2 atom stereocenters. The van der Waals surface area contributed by atoms with E-state index in [2.05, 4.69) is 37.3 Å². The maximum absolute atomic E-state index is 13.0. The predicted octanol–water partition coefficient (Wildman–Crippen LogP) is 3.20. The van der Waals surface area contributed by atoms with E-state index in [1.807, 2.05) is 42.2 Å². The number of ketones is 1. The number of hydrogen-bond acceptors (Lipinski definition) is 8. The van der Waals surface area contributed by atoms with Gasteiger partial charge in [-0.1, -0.05) is 0 Å². The monoisotopic (exact) mass is 474 g/mol. The number of Topliss-reactive ketones (excluding diaryl/α,β-unsaturated/α-hetero) is 1. The van der Waals surface area contributed by atoms with E-state index in [4.69, 9.17) is 5.73 Å². The van der Waals surface area contributed by atoms with Gasteiger partial charge in [-0.05, 0) is 56.7 Å². The molecule has 1 saturated carbocycles. The van der Waals surface area contributed by atoms with Crippen molar-refractivity contribution in [3.63, 3.8) is 0 Å². The number of nitrogens with one attached hydrogen (secondary N) is 1. The summed E-state index contributed by atoms with van der Waals surface area (Å²) in [6.07, 6.45) is 10.1. The van der Waals surface area contributed by atoms with Gasteiger partial charge < -0.3 is 20.5 Å². The van der Waals surface area contributed by atoms with Crippen LogP contribution in [0.15, 0.2) is 36.8 Å². The van der Waals surface area contributed by atoms with Crippen molar-refractivity contribution in [2.24, 2.45) is 18.7 Å². The van der Waals surface area contributed by atoms with E-state index in [0.29, 0.717) is 23.9 Å². The number of carbonyl (C=O) groups excluding carboxylic acids is 2. The van der Waals surface area contributed by atoms with Gasteiger partial charge in [-0.3, -0.25) is 14.6 Å². The fourth-order valence-corrected chi connectivity index (χ4v) is 4.73. The van der Waals surface area contributed by atoms with Gasteiger partial charge >= 0.3 is 0 Å². The maximum atomic E-state index is 13.0. The highest BCUT2D eigenvalue weighted by atomic mass is 16.1. The fraction of sp³-hybridized carbons (Fsp3) is 0.440. The molecule has 1 aliphatic heterocycles. The molecule has 35 heavy (non-hydrogen) atoms. The van der Waals surface area contributed by atoms with Crippen LogP contribution in [0, 0.1) is 5.92 Å². The minimum atomic E-state index is -0.702. The second-order valence-electron chi connectivity index (χ2n) is 9.57. The third-order valence-corrected chi connectivity index (χ3v) is 6.96. The number of hydrogen-bond donors (Lipinski definition) is 2. The van der Waals surface area contributed by atoms with Crippen molar-refractivity contribution in [1.29, 1.82) is 0 Å². The molecule has 1 amide bonds. The van der Waals surface area contributed by atoms with Crippen LogP contribution in [0.1, 0.15) is 71.5 Å². The molecule has 3 aromatic heterocycles. The molecule has 2 aliphatic rings. The summed E-state index contributed by atoms with van der Waals surface area (Å²) in [7, 11) is 1.90. The molecule has 3 N–H and O–H groups in total. The zero-order valence-corrected chi connectivity index (χ0v) is 20.0. The number of rotatable bonds is 8. The van der Waals surface area contributed by atoms with E-state index < -0.39 is 5.91 Å². The molecule has 1 saturated heterocycles. The van der Waals surface area contributed by atoms with Crippen molar-refractivity contribution in [1.82, 2.24) is 24.7 Å². The molecule has 0 spiro atoms. The van der Waals surface area contributed by atoms with Crippen LogP contribution in [-0.2, 0) is 7.05 Å². The Hall–Kier alpha value is -3.82. The molecule has 4 heterocycles. The summed E-state index contributed by atoms with van der Waals surface area (Å²) in [6.45, 7) is 2.83. The Bertz CT molecular complexity index is 1230. The standard InChI is InChI=1S/C25H30N8O2/c1-15-17(12-21(34)18-7-8-20(27-13-18)16-5-6-16)4-3-10-33(15)25-29-24(22(23(26)35)30-31-25)28-19-9-11-32(2)14-19/h7-9,11,13-17H,3-6,10,12H2,1-2H3,(H2,26,35)(H,28,29,31)/t15-,17+/m1/s1. The Balaban J connectivity index is 1.32. The van der Waals surface area contributed by atoms with Crippen molar-refractivity contribution in [3.05, 3.63) is 53.7 Å². The van der Waals surface area contributed by atoms with Crippen molar-refractivity contribution < 1.29 is 9.59 Å². The summed E-state index contributed by atoms with van der Waals surface area (Å²) in [6, 6.07) is 5.79. The molecular weight excluding hydrogens is 444 g/mol. The van der Waals surface area contributed by atoms with E-state index in [9.17, 15) is 9.59 Å². The Kier molecular flexibility index (Phi) is 6.19. The largest absolute Gasteiger partial charge is 0.364 e. The zero-order valence-electron chi connectivity index (χ0n) is 20.0. The van der Waals surface area contributed by atoms with E-state index >= 15 is 0 Å². The lowest BCUT2D eigenvalue weighted by Crippen LogP contribution is -2.45. The van der Waals surface area contributed by atoms with E-state index in [1.165, 1.54) is 12.8 Å². The fourth-order valence-electron chi connectivity index (χ4n) is 4.73. The molecule has 0 bridgehead atoms. The lowest BCUT2D eigenvalue weighted by atomic mass is 9.85. The molecule has 2 fully saturated rings. The third kappa shape index (κ3) is 5.01. The van der Waals surface area contributed by atoms with Crippen LogP contribution < -0.4 is 16.0 Å². The number of aromatic nitrogens is 5. The molecule has 0 unspecified atom stereocenters. The molecular formula is C25H30N8O2. The lowest BCUT2D eigenvalue weighted by Gasteiger charge is -2.39. The number of aryl methyl sites for hydroxylation is 1. The molecule has 10 heteroatoms. The molecule has 3 aromatic rings. The van der Waals surface area contributed by atoms with E-state index in [1.54, 1.807) is 6.20 Å². The van der Waals surface area contributed by atoms with Crippen molar-refractivity contribution in [2.45, 2.75) is 51.0 Å². The molecule has 0 radical (unpaired) electrons. The molecule has 5 rings (SSSR count). The highest BCUT2D eigenvalue weighted by Crippen LogP contribution is 2.39. The van der Waals surface area contributed by atoms with Crippen LogP contribution in [-0.4, -0.2) is 49.0 Å². The van der Waals surface area contributed by atoms with Crippen LogP contribution in [0.2, 0.25) is 0 Å². The van der Waals surface area contributed by atoms with Gasteiger partial charge in [0.2, 0.25) is 5.95 Å². The molecule has 1 aliphatic carbocycles. The van der Waals surface area contributed by atoms with Crippen LogP contribution in [0.5, 0.6) is 0 Å². The topological polar surface area (TPSA) is 132 Å². The molecule has 0 aromatic carbocycles. The predicted molar refractivity (Wildman–Crippen MR) is 132 cm³/mol. The van der Waals surface area contributed by atoms with Gasteiger partial charge in [-0.25, -0.2) is 0 Å². The SMILES string of the molecule is C[C@@H]1[C@H](CC(=O)c2ccc(C3CC3)nc2)CCCN1c1nnc(C(N)=O)c(Nc2ccn(C)c2)n1. The first-order valence-electron chi connectivity index (χ1n) is 12.1. The van der Waals surface area contributed by atoms with Crippen LogP contribution in [0.25, 0.3) is 0 Å². The average Bonchev–Trinajstić information content (AvgIpc) is 3.62.